The lowest BCUT2D eigenvalue weighted by Gasteiger charge is -2.31. The Kier molecular flexibility index (Phi) is 4.79. The number of aromatic nitrogens is 6. The summed E-state index contributed by atoms with van der Waals surface area (Å²) >= 11 is 0. The first kappa shape index (κ1) is 16.9. The van der Waals surface area contributed by atoms with Crippen LogP contribution in [0.2, 0.25) is 0 Å². The van der Waals surface area contributed by atoms with Gasteiger partial charge in [0.05, 0.1) is 12.2 Å². The lowest BCUT2D eigenvalue weighted by Crippen LogP contribution is -2.33. The van der Waals surface area contributed by atoms with E-state index in [9.17, 15) is 0 Å². The highest BCUT2D eigenvalue weighted by Crippen LogP contribution is 2.27. The number of hydrogen-bond acceptors (Lipinski definition) is 5. The summed E-state index contributed by atoms with van der Waals surface area (Å²) in [5, 5.41) is 8.94. The van der Waals surface area contributed by atoms with Crippen LogP contribution in [0.5, 0.6) is 0 Å². The van der Waals surface area contributed by atoms with Crippen molar-refractivity contribution in [2.24, 2.45) is 7.05 Å². The maximum atomic E-state index is 4.51. The van der Waals surface area contributed by atoms with Crippen LogP contribution in [-0.2, 0) is 20.1 Å². The largest absolute Gasteiger partial charge is 0.328 e. The van der Waals surface area contributed by atoms with Crippen LogP contribution >= 0.6 is 0 Å². The summed E-state index contributed by atoms with van der Waals surface area (Å²) in [5.74, 6) is 3.56. The van der Waals surface area contributed by atoms with Crippen LogP contribution in [0.1, 0.15) is 41.9 Å². The second-order valence-electron chi connectivity index (χ2n) is 7.01. The van der Waals surface area contributed by atoms with Crippen molar-refractivity contribution < 1.29 is 0 Å². The molecule has 7 heteroatoms. The lowest BCUT2D eigenvalue weighted by molar-refractivity contribution is 0.198. The van der Waals surface area contributed by atoms with E-state index < -0.39 is 0 Å². The van der Waals surface area contributed by atoms with Gasteiger partial charge in [-0.15, -0.1) is 10.2 Å². The van der Waals surface area contributed by atoms with Gasteiger partial charge in [-0.3, -0.25) is 9.88 Å². The van der Waals surface area contributed by atoms with Gasteiger partial charge < -0.3 is 9.13 Å². The quantitative estimate of drug-likeness (QED) is 0.705. The first-order valence-corrected chi connectivity index (χ1v) is 9.19. The molecule has 0 saturated carbocycles. The molecule has 0 bridgehead atoms. The Balaban J connectivity index is 1.38. The highest BCUT2D eigenvalue weighted by Gasteiger charge is 2.25. The van der Waals surface area contributed by atoms with Crippen LogP contribution in [-0.4, -0.2) is 47.3 Å². The number of imidazole rings is 1. The van der Waals surface area contributed by atoms with Gasteiger partial charge in [0.25, 0.3) is 0 Å². The van der Waals surface area contributed by atoms with Crippen molar-refractivity contribution >= 4 is 0 Å². The van der Waals surface area contributed by atoms with Gasteiger partial charge in [0, 0.05) is 38.1 Å². The standard InChI is InChI=1S/C19H25N7/c1-15-20-9-12-26(15)14-18-22-23-19(24(18)2)16-6-10-25(11-7-16)13-17-5-3-4-8-21-17/h3-5,8-9,12,16H,6-7,10-11,13-14H2,1-2H3. The molecule has 0 radical (unpaired) electrons. The first-order chi connectivity index (χ1) is 12.7. The normalized spacial score (nSPS) is 16.2. The first-order valence-electron chi connectivity index (χ1n) is 9.19. The summed E-state index contributed by atoms with van der Waals surface area (Å²) in [7, 11) is 2.08. The summed E-state index contributed by atoms with van der Waals surface area (Å²) < 4.78 is 4.27. The van der Waals surface area contributed by atoms with E-state index in [-0.39, 0.29) is 0 Å². The Morgan fingerprint density at radius 3 is 2.58 bits per heavy atom. The second-order valence-corrected chi connectivity index (χ2v) is 7.01. The molecule has 0 N–H and O–H groups in total. The third kappa shape index (κ3) is 3.53. The summed E-state index contributed by atoms with van der Waals surface area (Å²) in [4.78, 5) is 11.2. The molecule has 136 valence electrons. The fourth-order valence-electron chi connectivity index (χ4n) is 3.66. The van der Waals surface area contributed by atoms with E-state index in [0.717, 1.165) is 55.6 Å². The summed E-state index contributed by atoms with van der Waals surface area (Å²) in [5.41, 5.74) is 1.14. The maximum Gasteiger partial charge on any atom is 0.152 e. The Hall–Kier alpha value is -2.54. The van der Waals surface area contributed by atoms with Crippen molar-refractivity contribution in [3.05, 3.63) is 60.0 Å². The van der Waals surface area contributed by atoms with Gasteiger partial charge in [-0.2, -0.15) is 0 Å². The monoisotopic (exact) mass is 351 g/mol. The molecule has 3 aromatic rings. The van der Waals surface area contributed by atoms with Gasteiger partial charge >= 0.3 is 0 Å². The molecule has 4 rings (SSSR count). The fraction of sp³-hybridized carbons (Fsp3) is 0.474. The number of rotatable bonds is 5. The minimum Gasteiger partial charge on any atom is -0.328 e. The minimum atomic E-state index is 0.477. The predicted molar refractivity (Wildman–Crippen MR) is 98.6 cm³/mol. The highest BCUT2D eigenvalue weighted by molar-refractivity contribution is 5.06. The Morgan fingerprint density at radius 1 is 1.04 bits per heavy atom. The van der Waals surface area contributed by atoms with E-state index in [1.54, 1.807) is 0 Å². The molecule has 1 aliphatic heterocycles. The van der Waals surface area contributed by atoms with Crippen molar-refractivity contribution in [2.45, 2.75) is 38.8 Å². The van der Waals surface area contributed by atoms with E-state index in [0.29, 0.717) is 12.5 Å². The summed E-state index contributed by atoms with van der Waals surface area (Å²) in [6, 6.07) is 6.12. The Labute approximate surface area is 153 Å². The maximum absolute atomic E-state index is 4.51. The van der Waals surface area contributed by atoms with Crippen LogP contribution in [0, 0.1) is 6.92 Å². The van der Waals surface area contributed by atoms with Gasteiger partial charge in [0.1, 0.15) is 11.6 Å². The molecule has 1 saturated heterocycles. The topological polar surface area (TPSA) is 64.7 Å². The average molecular weight is 351 g/mol. The van der Waals surface area contributed by atoms with E-state index in [4.69, 9.17) is 0 Å². The molecule has 0 aliphatic carbocycles. The Morgan fingerprint density at radius 2 is 1.88 bits per heavy atom. The molecule has 3 aromatic heterocycles. The van der Waals surface area contributed by atoms with E-state index >= 15 is 0 Å². The van der Waals surface area contributed by atoms with Gasteiger partial charge in [-0.25, -0.2) is 4.98 Å². The number of pyridine rings is 1. The molecule has 0 unspecified atom stereocenters. The number of hydrogen-bond donors (Lipinski definition) is 0. The van der Waals surface area contributed by atoms with Gasteiger partial charge in [-0.1, -0.05) is 6.07 Å². The molecule has 0 spiro atoms. The number of likely N-dealkylation sites (tertiary alicyclic amines) is 1. The van der Waals surface area contributed by atoms with E-state index in [1.165, 1.54) is 0 Å². The Bertz CT molecular complexity index is 844. The van der Waals surface area contributed by atoms with Crippen LogP contribution in [0.4, 0.5) is 0 Å². The molecular weight excluding hydrogens is 326 g/mol. The molecule has 7 nitrogen and oxygen atoms in total. The zero-order valence-corrected chi connectivity index (χ0v) is 15.4. The minimum absolute atomic E-state index is 0.477. The van der Waals surface area contributed by atoms with Crippen LogP contribution in [0.3, 0.4) is 0 Å². The zero-order chi connectivity index (χ0) is 17.9. The molecule has 1 aliphatic rings. The molecule has 26 heavy (non-hydrogen) atoms. The second kappa shape index (κ2) is 7.37. The molecule has 1 fully saturated rings. The third-order valence-corrected chi connectivity index (χ3v) is 5.30. The average Bonchev–Trinajstić information content (AvgIpc) is 3.23. The SMILES string of the molecule is Cc1nccn1Cc1nnc(C2CCN(Cc3ccccn3)CC2)n1C. The van der Waals surface area contributed by atoms with Crippen LogP contribution in [0.15, 0.2) is 36.8 Å². The number of piperidine rings is 1. The lowest BCUT2D eigenvalue weighted by atomic mass is 9.96. The molecule has 0 atom stereocenters. The highest BCUT2D eigenvalue weighted by atomic mass is 15.3. The molecule has 4 heterocycles. The van der Waals surface area contributed by atoms with Crippen molar-refractivity contribution in [1.82, 2.24) is 34.2 Å². The molecule has 0 amide bonds. The molecule has 0 aromatic carbocycles. The van der Waals surface area contributed by atoms with E-state index in [1.807, 2.05) is 31.6 Å². The molecular formula is C19H25N7. The van der Waals surface area contributed by atoms with Gasteiger partial charge in [0.2, 0.25) is 0 Å². The zero-order valence-electron chi connectivity index (χ0n) is 15.4. The predicted octanol–water partition coefficient (Wildman–Crippen LogP) is 2.14. The smallest absolute Gasteiger partial charge is 0.152 e. The van der Waals surface area contributed by atoms with Crippen molar-refractivity contribution in [3.63, 3.8) is 0 Å². The van der Waals surface area contributed by atoms with E-state index in [2.05, 4.69) is 53.4 Å². The van der Waals surface area contributed by atoms with Crippen molar-refractivity contribution in [1.29, 1.82) is 0 Å². The van der Waals surface area contributed by atoms with Crippen molar-refractivity contribution in [3.8, 4) is 0 Å². The van der Waals surface area contributed by atoms with Crippen LogP contribution < -0.4 is 0 Å². The third-order valence-electron chi connectivity index (χ3n) is 5.30. The number of nitrogens with zero attached hydrogens (tertiary/aromatic N) is 7. The fourth-order valence-corrected chi connectivity index (χ4v) is 3.66. The summed E-state index contributed by atoms with van der Waals surface area (Å²) in [6.45, 7) is 5.80. The van der Waals surface area contributed by atoms with Gasteiger partial charge in [-0.05, 0) is 45.0 Å². The number of aryl methyl sites for hydroxylation is 1. The van der Waals surface area contributed by atoms with Crippen LogP contribution in [0.25, 0.3) is 0 Å². The summed E-state index contributed by atoms with van der Waals surface area (Å²) in [6.07, 6.45) is 7.90. The van der Waals surface area contributed by atoms with Crippen molar-refractivity contribution in [2.75, 3.05) is 13.1 Å². The van der Waals surface area contributed by atoms with Gasteiger partial charge in [0.15, 0.2) is 5.82 Å².